The molecule has 0 aliphatic heterocycles. The van der Waals surface area contributed by atoms with Crippen LogP contribution in [-0.2, 0) is 11.2 Å². The summed E-state index contributed by atoms with van der Waals surface area (Å²) in [5.41, 5.74) is 1.89. The third-order valence-electron chi connectivity index (χ3n) is 3.67. The van der Waals surface area contributed by atoms with Crippen molar-refractivity contribution in [2.75, 3.05) is 24.3 Å². The van der Waals surface area contributed by atoms with E-state index in [1.807, 2.05) is 48.5 Å². The molecule has 0 saturated heterocycles. The van der Waals surface area contributed by atoms with E-state index in [4.69, 9.17) is 16.3 Å². The zero-order valence-electron chi connectivity index (χ0n) is 14.2. The Labute approximate surface area is 161 Å². The zero-order chi connectivity index (χ0) is 18.4. The molecule has 7 heteroatoms. The van der Waals surface area contributed by atoms with E-state index in [0.717, 1.165) is 26.9 Å². The van der Waals surface area contributed by atoms with Crippen molar-refractivity contribution in [3.8, 4) is 5.75 Å². The molecule has 1 aromatic heterocycles. The fourth-order valence-electron chi connectivity index (χ4n) is 2.33. The number of hydrogen-bond donors (Lipinski definition) is 2. The molecule has 0 radical (unpaired) electrons. The van der Waals surface area contributed by atoms with Crippen LogP contribution in [0.5, 0.6) is 5.75 Å². The van der Waals surface area contributed by atoms with Gasteiger partial charge in [-0.25, -0.2) is 4.98 Å². The maximum absolute atomic E-state index is 12.1. The molecule has 0 atom stereocenters. The van der Waals surface area contributed by atoms with Crippen LogP contribution in [-0.4, -0.2) is 24.5 Å². The van der Waals surface area contributed by atoms with Crippen LogP contribution in [0, 0.1) is 0 Å². The molecule has 2 N–H and O–H groups in total. The molecule has 2 aromatic carbocycles. The van der Waals surface area contributed by atoms with Crippen molar-refractivity contribution >= 4 is 39.7 Å². The van der Waals surface area contributed by atoms with Crippen LogP contribution in [0.15, 0.2) is 54.7 Å². The number of amides is 1. The molecule has 0 saturated carbocycles. The number of anilines is 2. The summed E-state index contributed by atoms with van der Waals surface area (Å²) in [5, 5.41) is 7.17. The maximum Gasteiger partial charge on any atom is 0.245 e. The van der Waals surface area contributed by atoms with Gasteiger partial charge in [-0.05, 0) is 35.9 Å². The van der Waals surface area contributed by atoms with Gasteiger partial charge in [0.05, 0.1) is 13.7 Å². The quantitative estimate of drug-likeness (QED) is 0.628. The number of hydrogen-bond acceptors (Lipinski definition) is 5. The Morgan fingerprint density at radius 3 is 2.69 bits per heavy atom. The van der Waals surface area contributed by atoms with Crippen LogP contribution < -0.4 is 15.4 Å². The van der Waals surface area contributed by atoms with Crippen molar-refractivity contribution in [2.45, 2.75) is 6.42 Å². The standard InChI is InChI=1S/C19H18ClN3O2S/c1-25-15-8-6-14(7-9-15)21-12-18(24)23-19-22-11-16(26-19)10-13-4-2-3-5-17(13)20/h2-9,11,21H,10,12H2,1H3,(H,22,23,24). The first kappa shape index (κ1) is 18.2. The Kier molecular flexibility index (Phi) is 6.09. The lowest BCUT2D eigenvalue weighted by Gasteiger charge is -2.07. The van der Waals surface area contributed by atoms with Gasteiger partial charge in [0.25, 0.3) is 0 Å². The van der Waals surface area contributed by atoms with Gasteiger partial charge in [0.1, 0.15) is 5.75 Å². The van der Waals surface area contributed by atoms with Crippen molar-refractivity contribution in [3.63, 3.8) is 0 Å². The Morgan fingerprint density at radius 1 is 1.19 bits per heavy atom. The van der Waals surface area contributed by atoms with E-state index >= 15 is 0 Å². The van der Waals surface area contributed by atoms with Gasteiger partial charge in [0.2, 0.25) is 5.91 Å². The summed E-state index contributed by atoms with van der Waals surface area (Å²) >= 11 is 7.63. The summed E-state index contributed by atoms with van der Waals surface area (Å²) < 4.78 is 5.10. The lowest BCUT2D eigenvalue weighted by atomic mass is 10.1. The second kappa shape index (κ2) is 8.69. The van der Waals surface area contributed by atoms with Crippen LogP contribution in [0.4, 0.5) is 10.8 Å². The summed E-state index contributed by atoms with van der Waals surface area (Å²) in [6.45, 7) is 0.158. The van der Waals surface area contributed by atoms with E-state index in [2.05, 4.69) is 15.6 Å². The van der Waals surface area contributed by atoms with Crippen molar-refractivity contribution < 1.29 is 9.53 Å². The molecular weight excluding hydrogens is 370 g/mol. The van der Waals surface area contributed by atoms with Gasteiger partial charge in [-0.2, -0.15) is 0 Å². The number of methoxy groups -OCH3 is 1. The van der Waals surface area contributed by atoms with E-state index in [-0.39, 0.29) is 12.5 Å². The number of carbonyl (C=O) groups excluding carboxylic acids is 1. The molecule has 0 fully saturated rings. The lowest BCUT2D eigenvalue weighted by molar-refractivity contribution is -0.114. The summed E-state index contributed by atoms with van der Waals surface area (Å²) in [7, 11) is 1.61. The molecule has 1 heterocycles. The Bertz CT molecular complexity index is 881. The van der Waals surface area contributed by atoms with Gasteiger partial charge in [0.15, 0.2) is 5.13 Å². The molecule has 0 aliphatic rings. The van der Waals surface area contributed by atoms with Crippen molar-refractivity contribution in [3.05, 3.63) is 70.2 Å². The highest BCUT2D eigenvalue weighted by atomic mass is 35.5. The molecule has 1 amide bonds. The molecule has 0 aliphatic carbocycles. The van der Waals surface area contributed by atoms with E-state index in [9.17, 15) is 4.79 Å². The summed E-state index contributed by atoms with van der Waals surface area (Å²) in [4.78, 5) is 17.4. The van der Waals surface area contributed by atoms with Gasteiger partial charge in [-0.15, -0.1) is 11.3 Å². The van der Waals surface area contributed by atoms with Crippen LogP contribution in [0.1, 0.15) is 10.4 Å². The van der Waals surface area contributed by atoms with E-state index in [1.165, 1.54) is 11.3 Å². The Morgan fingerprint density at radius 2 is 1.96 bits per heavy atom. The number of carbonyl (C=O) groups is 1. The molecule has 3 rings (SSSR count). The van der Waals surface area contributed by atoms with Gasteiger partial charge < -0.3 is 15.4 Å². The minimum absolute atomic E-state index is 0.153. The third kappa shape index (κ3) is 4.97. The molecule has 3 aromatic rings. The zero-order valence-corrected chi connectivity index (χ0v) is 15.7. The summed E-state index contributed by atoms with van der Waals surface area (Å²) in [6.07, 6.45) is 2.46. The fraction of sp³-hybridized carbons (Fsp3) is 0.158. The third-order valence-corrected chi connectivity index (χ3v) is 4.95. The number of thiazole rings is 1. The number of benzene rings is 2. The number of rotatable bonds is 7. The van der Waals surface area contributed by atoms with Crippen molar-refractivity contribution in [2.24, 2.45) is 0 Å². The number of nitrogens with one attached hydrogen (secondary N) is 2. The van der Waals surface area contributed by atoms with Crippen LogP contribution in [0.3, 0.4) is 0 Å². The SMILES string of the molecule is COc1ccc(NCC(=O)Nc2ncc(Cc3ccccc3Cl)s2)cc1. The first-order valence-electron chi connectivity index (χ1n) is 8.00. The molecular formula is C19H18ClN3O2S. The fourth-order valence-corrected chi connectivity index (χ4v) is 3.39. The van der Waals surface area contributed by atoms with Gasteiger partial charge in [-0.1, -0.05) is 29.8 Å². The lowest BCUT2D eigenvalue weighted by Crippen LogP contribution is -2.21. The van der Waals surface area contributed by atoms with E-state index < -0.39 is 0 Å². The normalized spacial score (nSPS) is 10.4. The maximum atomic E-state index is 12.1. The van der Waals surface area contributed by atoms with E-state index in [0.29, 0.717) is 11.6 Å². The molecule has 5 nitrogen and oxygen atoms in total. The summed E-state index contributed by atoms with van der Waals surface area (Å²) in [5.74, 6) is 0.619. The van der Waals surface area contributed by atoms with Crippen LogP contribution in [0.25, 0.3) is 0 Å². The van der Waals surface area contributed by atoms with Crippen LogP contribution >= 0.6 is 22.9 Å². The molecule has 26 heavy (non-hydrogen) atoms. The first-order valence-corrected chi connectivity index (χ1v) is 9.19. The smallest absolute Gasteiger partial charge is 0.245 e. The highest BCUT2D eigenvalue weighted by Gasteiger charge is 2.08. The van der Waals surface area contributed by atoms with Crippen molar-refractivity contribution in [1.82, 2.24) is 4.98 Å². The predicted molar refractivity (Wildman–Crippen MR) is 106 cm³/mol. The van der Waals surface area contributed by atoms with Gasteiger partial charge in [0, 0.05) is 28.2 Å². The highest BCUT2D eigenvalue weighted by Crippen LogP contribution is 2.24. The van der Waals surface area contributed by atoms with E-state index in [1.54, 1.807) is 13.3 Å². The molecule has 0 bridgehead atoms. The molecule has 0 unspecified atom stereocenters. The topological polar surface area (TPSA) is 63.2 Å². The first-order chi connectivity index (χ1) is 12.6. The second-order valence-electron chi connectivity index (χ2n) is 5.53. The Hall–Kier alpha value is -2.57. The van der Waals surface area contributed by atoms with Gasteiger partial charge >= 0.3 is 0 Å². The largest absolute Gasteiger partial charge is 0.497 e. The minimum atomic E-state index is -0.153. The minimum Gasteiger partial charge on any atom is -0.497 e. The van der Waals surface area contributed by atoms with Crippen molar-refractivity contribution in [1.29, 1.82) is 0 Å². The molecule has 0 spiro atoms. The average molecular weight is 388 g/mol. The highest BCUT2D eigenvalue weighted by molar-refractivity contribution is 7.15. The number of nitrogens with zero attached hydrogens (tertiary/aromatic N) is 1. The van der Waals surface area contributed by atoms with Crippen LogP contribution in [0.2, 0.25) is 5.02 Å². The number of halogens is 1. The second-order valence-corrected chi connectivity index (χ2v) is 7.05. The average Bonchev–Trinajstić information content (AvgIpc) is 3.09. The van der Waals surface area contributed by atoms with Gasteiger partial charge in [-0.3, -0.25) is 4.79 Å². The Balaban J connectivity index is 1.51. The predicted octanol–water partition coefficient (Wildman–Crippen LogP) is 4.45. The number of ether oxygens (including phenoxy) is 1. The monoisotopic (exact) mass is 387 g/mol. The number of aromatic nitrogens is 1. The summed E-state index contributed by atoms with van der Waals surface area (Å²) in [6, 6.07) is 15.1. The molecule has 134 valence electrons.